The standard InChI is InChI=1S/C15H20N4O.ClH/c1-11(16)15(20)18-12(2)14-8-17-19(10-14)9-13-6-4-3-5-7-13;/h3-8,10-12H,9,16H2,1-2H3,(H,18,20);1H/t11-,12?;/m1./s1. The van der Waals surface area contributed by atoms with Crippen LogP contribution in [-0.2, 0) is 11.3 Å². The molecule has 2 rings (SSSR count). The number of hydrogen-bond acceptors (Lipinski definition) is 3. The van der Waals surface area contributed by atoms with Crippen molar-refractivity contribution in [2.24, 2.45) is 5.73 Å². The molecule has 1 aromatic heterocycles. The van der Waals surface area contributed by atoms with Gasteiger partial charge in [0, 0.05) is 11.8 Å². The topological polar surface area (TPSA) is 72.9 Å². The molecule has 1 unspecified atom stereocenters. The zero-order chi connectivity index (χ0) is 14.5. The average Bonchev–Trinajstić information content (AvgIpc) is 2.88. The molecule has 0 aliphatic rings. The molecule has 3 N–H and O–H groups in total. The van der Waals surface area contributed by atoms with E-state index in [1.165, 1.54) is 5.56 Å². The van der Waals surface area contributed by atoms with Crippen molar-refractivity contribution >= 4 is 18.3 Å². The second-order valence-corrected chi connectivity index (χ2v) is 4.98. The van der Waals surface area contributed by atoms with Gasteiger partial charge in [0.05, 0.1) is 24.8 Å². The highest BCUT2D eigenvalue weighted by molar-refractivity contribution is 5.85. The van der Waals surface area contributed by atoms with Crippen LogP contribution in [0.3, 0.4) is 0 Å². The molecule has 0 bridgehead atoms. The number of aromatic nitrogens is 2. The fourth-order valence-corrected chi connectivity index (χ4v) is 1.89. The Morgan fingerprint density at radius 2 is 2.00 bits per heavy atom. The number of hydrogen-bond donors (Lipinski definition) is 2. The second-order valence-electron chi connectivity index (χ2n) is 4.98. The van der Waals surface area contributed by atoms with E-state index in [9.17, 15) is 4.79 Å². The molecule has 5 nitrogen and oxygen atoms in total. The lowest BCUT2D eigenvalue weighted by molar-refractivity contribution is -0.122. The smallest absolute Gasteiger partial charge is 0.237 e. The number of benzene rings is 1. The first-order valence-corrected chi connectivity index (χ1v) is 6.68. The van der Waals surface area contributed by atoms with Gasteiger partial charge in [0.25, 0.3) is 0 Å². The minimum atomic E-state index is -0.503. The van der Waals surface area contributed by atoms with E-state index in [1.807, 2.05) is 36.0 Å². The Morgan fingerprint density at radius 3 is 2.62 bits per heavy atom. The van der Waals surface area contributed by atoms with Gasteiger partial charge in [0.15, 0.2) is 0 Å². The minimum Gasteiger partial charge on any atom is -0.348 e. The molecule has 2 atom stereocenters. The highest BCUT2D eigenvalue weighted by atomic mass is 35.5. The second kappa shape index (κ2) is 7.81. The molecular weight excluding hydrogens is 288 g/mol. The van der Waals surface area contributed by atoms with Crippen molar-refractivity contribution in [2.75, 3.05) is 0 Å². The molecule has 6 heteroatoms. The normalized spacial score (nSPS) is 13.1. The Bertz CT molecular complexity index is 568. The monoisotopic (exact) mass is 308 g/mol. The Morgan fingerprint density at radius 1 is 1.33 bits per heavy atom. The van der Waals surface area contributed by atoms with Crippen LogP contribution < -0.4 is 11.1 Å². The Balaban J connectivity index is 0.00000220. The van der Waals surface area contributed by atoms with Crippen LogP contribution in [0, 0.1) is 0 Å². The highest BCUT2D eigenvalue weighted by Crippen LogP contribution is 2.12. The molecule has 0 fully saturated rings. The fraction of sp³-hybridized carbons (Fsp3) is 0.333. The first-order chi connectivity index (χ1) is 9.56. The summed E-state index contributed by atoms with van der Waals surface area (Å²) in [4.78, 5) is 11.6. The van der Waals surface area contributed by atoms with E-state index in [4.69, 9.17) is 5.73 Å². The lowest BCUT2D eigenvalue weighted by Gasteiger charge is -2.13. The number of nitrogens with two attached hydrogens (primary N) is 1. The van der Waals surface area contributed by atoms with Crippen LogP contribution >= 0.6 is 12.4 Å². The van der Waals surface area contributed by atoms with Gasteiger partial charge in [-0.3, -0.25) is 9.48 Å². The predicted octanol–water partition coefficient (Wildman–Crippen LogP) is 1.88. The molecule has 0 aliphatic heterocycles. The maximum absolute atomic E-state index is 11.6. The summed E-state index contributed by atoms with van der Waals surface area (Å²) in [6.07, 6.45) is 3.72. The summed E-state index contributed by atoms with van der Waals surface area (Å²) < 4.78 is 1.86. The van der Waals surface area contributed by atoms with Gasteiger partial charge in [0.1, 0.15) is 0 Å². The van der Waals surface area contributed by atoms with Gasteiger partial charge in [-0.2, -0.15) is 5.10 Å². The van der Waals surface area contributed by atoms with Gasteiger partial charge in [-0.25, -0.2) is 0 Å². The van der Waals surface area contributed by atoms with E-state index in [2.05, 4.69) is 22.5 Å². The maximum Gasteiger partial charge on any atom is 0.237 e. The van der Waals surface area contributed by atoms with E-state index < -0.39 is 6.04 Å². The van der Waals surface area contributed by atoms with Crippen LogP contribution in [-0.4, -0.2) is 21.7 Å². The van der Waals surface area contributed by atoms with Crippen molar-refractivity contribution in [3.05, 3.63) is 53.9 Å². The molecule has 21 heavy (non-hydrogen) atoms. The van der Waals surface area contributed by atoms with Crippen LogP contribution in [0.4, 0.5) is 0 Å². The van der Waals surface area contributed by atoms with Gasteiger partial charge in [-0.1, -0.05) is 30.3 Å². The van der Waals surface area contributed by atoms with Crippen LogP contribution in [0.5, 0.6) is 0 Å². The summed E-state index contributed by atoms with van der Waals surface area (Å²) in [7, 11) is 0. The van der Waals surface area contributed by atoms with E-state index >= 15 is 0 Å². The van der Waals surface area contributed by atoms with E-state index in [0.717, 1.165) is 12.1 Å². The molecule has 0 saturated carbocycles. The van der Waals surface area contributed by atoms with Gasteiger partial charge >= 0.3 is 0 Å². The predicted molar refractivity (Wildman–Crippen MR) is 85.2 cm³/mol. The molecular formula is C15H21ClN4O. The third kappa shape index (κ3) is 4.88. The summed E-state index contributed by atoms with van der Waals surface area (Å²) in [6, 6.07) is 9.51. The highest BCUT2D eigenvalue weighted by Gasteiger charge is 2.14. The Hall–Kier alpha value is -1.85. The molecule has 0 saturated heterocycles. The van der Waals surface area contributed by atoms with Crippen molar-refractivity contribution in [2.45, 2.75) is 32.5 Å². The van der Waals surface area contributed by atoms with Gasteiger partial charge in [0.2, 0.25) is 5.91 Å². The SMILES string of the molecule is CC(NC(=O)[C@@H](C)N)c1cnn(Cc2ccccc2)c1.Cl. The van der Waals surface area contributed by atoms with Crippen LogP contribution in [0.2, 0.25) is 0 Å². The number of rotatable bonds is 5. The number of amides is 1. The van der Waals surface area contributed by atoms with Crippen molar-refractivity contribution < 1.29 is 4.79 Å². The molecule has 2 aromatic rings. The van der Waals surface area contributed by atoms with E-state index in [-0.39, 0.29) is 24.4 Å². The van der Waals surface area contributed by atoms with Crippen LogP contribution in [0.25, 0.3) is 0 Å². The first-order valence-electron chi connectivity index (χ1n) is 6.68. The minimum absolute atomic E-state index is 0. The number of carbonyl (C=O) groups is 1. The number of halogens is 1. The molecule has 0 radical (unpaired) electrons. The largest absolute Gasteiger partial charge is 0.348 e. The molecule has 0 aliphatic carbocycles. The molecule has 1 aromatic carbocycles. The number of carbonyl (C=O) groups excluding carboxylic acids is 1. The zero-order valence-corrected chi connectivity index (χ0v) is 13.0. The van der Waals surface area contributed by atoms with E-state index in [1.54, 1.807) is 13.1 Å². The fourth-order valence-electron chi connectivity index (χ4n) is 1.89. The summed E-state index contributed by atoms with van der Waals surface area (Å²) in [5.74, 6) is -0.159. The number of nitrogens with zero attached hydrogens (tertiary/aromatic N) is 2. The Kier molecular flexibility index (Phi) is 6.39. The third-order valence-electron chi connectivity index (χ3n) is 3.11. The zero-order valence-electron chi connectivity index (χ0n) is 12.2. The van der Waals surface area contributed by atoms with Gasteiger partial charge < -0.3 is 11.1 Å². The first kappa shape index (κ1) is 17.2. The van der Waals surface area contributed by atoms with Gasteiger partial charge in [-0.05, 0) is 19.4 Å². The molecule has 0 spiro atoms. The average molecular weight is 309 g/mol. The maximum atomic E-state index is 11.6. The quantitative estimate of drug-likeness (QED) is 0.885. The van der Waals surface area contributed by atoms with Crippen molar-refractivity contribution in [3.8, 4) is 0 Å². The molecule has 1 amide bonds. The summed E-state index contributed by atoms with van der Waals surface area (Å²) in [5.41, 5.74) is 7.69. The summed E-state index contributed by atoms with van der Waals surface area (Å²) in [5, 5.41) is 7.17. The third-order valence-corrected chi connectivity index (χ3v) is 3.11. The number of nitrogens with one attached hydrogen (secondary N) is 1. The van der Waals surface area contributed by atoms with Crippen LogP contribution in [0.1, 0.15) is 31.0 Å². The van der Waals surface area contributed by atoms with Crippen molar-refractivity contribution in [1.29, 1.82) is 0 Å². The molecule has 114 valence electrons. The van der Waals surface area contributed by atoms with Crippen molar-refractivity contribution in [1.82, 2.24) is 15.1 Å². The lowest BCUT2D eigenvalue weighted by Crippen LogP contribution is -2.39. The molecule has 1 heterocycles. The summed E-state index contributed by atoms with van der Waals surface area (Å²) >= 11 is 0. The lowest BCUT2D eigenvalue weighted by atomic mass is 10.2. The van der Waals surface area contributed by atoms with Crippen molar-refractivity contribution in [3.63, 3.8) is 0 Å². The van der Waals surface area contributed by atoms with Gasteiger partial charge in [-0.15, -0.1) is 12.4 Å². The van der Waals surface area contributed by atoms with Crippen LogP contribution in [0.15, 0.2) is 42.7 Å². The Labute approximate surface area is 130 Å². The van der Waals surface area contributed by atoms with E-state index in [0.29, 0.717) is 0 Å². The summed E-state index contributed by atoms with van der Waals surface area (Å²) in [6.45, 7) is 4.31.